The van der Waals surface area contributed by atoms with Gasteiger partial charge < -0.3 is 10.2 Å². The lowest BCUT2D eigenvalue weighted by Crippen LogP contribution is -2.41. The van der Waals surface area contributed by atoms with Crippen LogP contribution < -0.4 is 0 Å². The molecule has 114 valence electrons. The maximum Gasteiger partial charge on any atom is 0.0711 e. The number of hydrogen-bond acceptors (Lipinski definition) is 2. The number of rotatable bonds is 8. The van der Waals surface area contributed by atoms with E-state index >= 15 is 0 Å². The van der Waals surface area contributed by atoms with Gasteiger partial charge in [-0.2, -0.15) is 0 Å². The lowest BCUT2D eigenvalue weighted by atomic mass is 9.71. The van der Waals surface area contributed by atoms with Gasteiger partial charge in [0.2, 0.25) is 0 Å². The van der Waals surface area contributed by atoms with E-state index < -0.39 is 11.2 Å². The van der Waals surface area contributed by atoms with Crippen molar-refractivity contribution in [2.45, 2.75) is 76.9 Å². The number of aliphatic hydroxyl groups is 2. The van der Waals surface area contributed by atoms with Crippen LogP contribution in [0.25, 0.3) is 0 Å². The second kappa shape index (κ2) is 7.24. The van der Waals surface area contributed by atoms with E-state index in [1.165, 1.54) is 0 Å². The number of hydrogen-bond donors (Lipinski definition) is 2. The third-order valence-electron chi connectivity index (χ3n) is 4.98. The first kappa shape index (κ1) is 17.2. The molecule has 1 aromatic carbocycles. The largest absolute Gasteiger partial charge is 0.390 e. The van der Waals surface area contributed by atoms with Crippen LogP contribution in [0, 0.1) is 0 Å². The topological polar surface area (TPSA) is 40.5 Å². The van der Waals surface area contributed by atoms with Gasteiger partial charge in [0.25, 0.3) is 0 Å². The minimum absolute atomic E-state index is 0.0244. The Balaban J connectivity index is 3.15. The lowest BCUT2D eigenvalue weighted by Gasteiger charge is -2.40. The highest BCUT2D eigenvalue weighted by molar-refractivity contribution is 5.23. The molecular weight excluding hydrogens is 248 g/mol. The molecule has 2 heteroatoms. The fraction of sp³-hybridized carbons (Fsp3) is 0.667. The summed E-state index contributed by atoms with van der Waals surface area (Å²) in [7, 11) is 0. The van der Waals surface area contributed by atoms with Crippen LogP contribution in [0.2, 0.25) is 0 Å². The van der Waals surface area contributed by atoms with Crippen molar-refractivity contribution in [3.8, 4) is 0 Å². The van der Waals surface area contributed by atoms with Crippen molar-refractivity contribution in [1.82, 2.24) is 0 Å². The summed E-state index contributed by atoms with van der Waals surface area (Å²) < 4.78 is 0. The van der Waals surface area contributed by atoms with Crippen LogP contribution in [0.5, 0.6) is 0 Å². The molecule has 0 saturated carbocycles. The molecule has 0 heterocycles. The van der Waals surface area contributed by atoms with Crippen LogP contribution in [-0.4, -0.2) is 21.4 Å². The molecular formula is C18H30O2. The number of benzene rings is 1. The molecule has 0 bridgehead atoms. The van der Waals surface area contributed by atoms with Crippen LogP contribution in [0.3, 0.4) is 0 Å². The van der Waals surface area contributed by atoms with Crippen molar-refractivity contribution < 1.29 is 10.2 Å². The molecule has 0 fully saturated rings. The third-order valence-corrected chi connectivity index (χ3v) is 4.98. The molecule has 0 amide bonds. The van der Waals surface area contributed by atoms with Crippen LogP contribution in [0.15, 0.2) is 30.3 Å². The predicted octanol–water partition coefficient (Wildman–Crippen LogP) is 4.26. The lowest BCUT2D eigenvalue weighted by molar-refractivity contribution is -0.0460. The van der Waals surface area contributed by atoms with Crippen LogP contribution in [0.1, 0.15) is 71.3 Å². The van der Waals surface area contributed by atoms with E-state index in [0.29, 0.717) is 19.3 Å². The zero-order chi connectivity index (χ0) is 15.2. The van der Waals surface area contributed by atoms with E-state index in [9.17, 15) is 10.2 Å². The van der Waals surface area contributed by atoms with Gasteiger partial charge in [-0.3, -0.25) is 0 Å². The highest BCUT2D eigenvalue weighted by Crippen LogP contribution is 2.41. The summed E-state index contributed by atoms with van der Waals surface area (Å²) in [5, 5.41) is 21.7. The van der Waals surface area contributed by atoms with Crippen LogP contribution in [-0.2, 0) is 0 Å². The highest BCUT2D eigenvalue weighted by atomic mass is 16.3. The van der Waals surface area contributed by atoms with Crippen molar-refractivity contribution in [1.29, 1.82) is 0 Å². The molecule has 1 unspecified atom stereocenters. The first-order chi connectivity index (χ1) is 9.44. The van der Waals surface area contributed by atoms with Gasteiger partial charge in [-0.15, -0.1) is 0 Å². The van der Waals surface area contributed by atoms with Gasteiger partial charge in [-0.1, -0.05) is 58.0 Å². The Kier molecular flexibility index (Phi) is 6.22. The molecule has 0 aliphatic heterocycles. The molecule has 0 spiro atoms. The van der Waals surface area contributed by atoms with Crippen molar-refractivity contribution in [3.05, 3.63) is 35.9 Å². The summed E-state index contributed by atoms with van der Waals surface area (Å²) in [6, 6.07) is 10.1. The van der Waals surface area contributed by atoms with Gasteiger partial charge in [0.05, 0.1) is 11.2 Å². The highest BCUT2D eigenvalue weighted by Gasteiger charge is 2.39. The Morgan fingerprint density at radius 3 is 1.75 bits per heavy atom. The van der Waals surface area contributed by atoms with E-state index in [1.807, 2.05) is 45.9 Å². The summed E-state index contributed by atoms with van der Waals surface area (Å²) in [6.07, 6.45) is 3.45. The third kappa shape index (κ3) is 3.83. The molecule has 0 radical (unpaired) electrons. The minimum Gasteiger partial charge on any atom is -0.390 e. The van der Waals surface area contributed by atoms with Gasteiger partial charge >= 0.3 is 0 Å². The van der Waals surface area contributed by atoms with Crippen LogP contribution in [0.4, 0.5) is 0 Å². The summed E-state index contributed by atoms with van der Waals surface area (Å²) in [5.74, 6) is -0.0244. The Labute approximate surface area is 123 Å². The van der Waals surface area contributed by atoms with E-state index in [1.54, 1.807) is 0 Å². The van der Waals surface area contributed by atoms with E-state index in [0.717, 1.165) is 18.4 Å². The Bertz CT molecular complexity index is 378. The first-order valence-corrected chi connectivity index (χ1v) is 7.94. The maximum absolute atomic E-state index is 11.0. The van der Waals surface area contributed by atoms with E-state index in [4.69, 9.17) is 0 Å². The molecule has 1 rings (SSSR count). The van der Waals surface area contributed by atoms with Crippen molar-refractivity contribution in [3.63, 3.8) is 0 Å². The maximum atomic E-state index is 11.0. The van der Waals surface area contributed by atoms with Crippen molar-refractivity contribution >= 4 is 0 Å². The fourth-order valence-corrected chi connectivity index (χ4v) is 2.96. The van der Waals surface area contributed by atoms with Gasteiger partial charge in [0.1, 0.15) is 0 Å². The average molecular weight is 278 g/mol. The van der Waals surface area contributed by atoms with Crippen LogP contribution >= 0.6 is 0 Å². The second-order valence-corrected chi connectivity index (χ2v) is 5.91. The Morgan fingerprint density at radius 2 is 1.35 bits per heavy atom. The van der Waals surface area contributed by atoms with Gasteiger partial charge in [-0.05, 0) is 37.7 Å². The fourth-order valence-electron chi connectivity index (χ4n) is 2.96. The molecule has 0 aromatic heterocycles. The molecule has 1 aromatic rings. The molecule has 2 nitrogen and oxygen atoms in total. The quantitative estimate of drug-likeness (QED) is 0.746. The molecule has 1 atom stereocenters. The molecule has 2 N–H and O–H groups in total. The van der Waals surface area contributed by atoms with Gasteiger partial charge in [0.15, 0.2) is 0 Å². The monoisotopic (exact) mass is 278 g/mol. The van der Waals surface area contributed by atoms with E-state index in [-0.39, 0.29) is 5.92 Å². The summed E-state index contributed by atoms with van der Waals surface area (Å²) in [6.45, 7) is 8.08. The zero-order valence-electron chi connectivity index (χ0n) is 13.4. The smallest absolute Gasteiger partial charge is 0.0711 e. The first-order valence-electron chi connectivity index (χ1n) is 7.94. The Hall–Kier alpha value is -0.860. The Morgan fingerprint density at radius 1 is 0.850 bits per heavy atom. The van der Waals surface area contributed by atoms with Crippen molar-refractivity contribution in [2.75, 3.05) is 0 Å². The van der Waals surface area contributed by atoms with Crippen molar-refractivity contribution in [2.24, 2.45) is 0 Å². The average Bonchev–Trinajstić information content (AvgIpc) is 2.52. The van der Waals surface area contributed by atoms with Gasteiger partial charge in [0, 0.05) is 5.92 Å². The normalized spacial score (nSPS) is 14.3. The van der Waals surface area contributed by atoms with E-state index in [2.05, 4.69) is 12.1 Å². The standard InChI is InChI=1S/C18H30O2/c1-5-17(19,6-2)14-16(18(20,7-3)8-4)15-12-10-9-11-13-15/h9-13,16,19-20H,5-8,14H2,1-4H3. The predicted molar refractivity (Wildman–Crippen MR) is 84.9 cm³/mol. The summed E-state index contributed by atoms with van der Waals surface area (Å²) in [4.78, 5) is 0. The molecule has 0 aliphatic rings. The molecule has 0 saturated heterocycles. The zero-order valence-corrected chi connectivity index (χ0v) is 13.4. The molecule has 20 heavy (non-hydrogen) atoms. The summed E-state index contributed by atoms with van der Waals surface area (Å²) >= 11 is 0. The minimum atomic E-state index is -0.750. The second-order valence-electron chi connectivity index (χ2n) is 5.91. The summed E-state index contributed by atoms with van der Waals surface area (Å²) in [5.41, 5.74) is -0.322. The SMILES string of the molecule is CCC(O)(CC)CC(c1ccccc1)C(O)(CC)CC. The van der Waals surface area contributed by atoms with Gasteiger partial charge in [-0.25, -0.2) is 0 Å². The molecule has 0 aliphatic carbocycles.